The SMILES string of the molecule is CCCNc1nc(NCC2CCSCC2)c2[nH]cnc2n1. The van der Waals surface area contributed by atoms with E-state index in [0.29, 0.717) is 11.6 Å². The van der Waals surface area contributed by atoms with Gasteiger partial charge >= 0.3 is 0 Å². The molecule has 3 rings (SSSR count). The molecule has 0 aromatic carbocycles. The van der Waals surface area contributed by atoms with Crippen LogP contribution in [0.5, 0.6) is 0 Å². The maximum absolute atomic E-state index is 4.59. The largest absolute Gasteiger partial charge is 0.368 e. The zero-order chi connectivity index (χ0) is 14.5. The Morgan fingerprint density at radius 1 is 1.29 bits per heavy atom. The second kappa shape index (κ2) is 6.98. The zero-order valence-corrected chi connectivity index (χ0v) is 13.2. The van der Waals surface area contributed by atoms with Crippen LogP contribution in [-0.2, 0) is 0 Å². The highest BCUT2D eigenvalue weighted by Crippen LogP contribution is 2.24. The van der Waals surface area contributed by atoms with Gasteiger partial charge in [0.25, 0.3) is 0 Å². The molecule has 1 aliphatic rings. The number of imidazole rings is 1. The van der Waals surface area contributed by atoms with Gasteiger partial charge in [0.1, 0.15) is 5.52 Å². The number of rotatable bonds is 6. The molecule has 7 heteroatoms. The Bertz CT molecular complexity index is 578. The van der Waals surface area contributed by atoms with Crippen LogP contribution in [-0.4, -0.2) is 44.5 Å². The highest BCUT2D eigenvalue weighted by atomic mass is 32.2. The summed E-state index contributed by atoms with van der Waals surface area (Å²) < 4.78 is 0. The van der Waals surface area contributed by atoms with E-state index in [1.807, 2.05) is 0 Å². The summed E-state index contributed by atoms with van der Waals surface area (Å²) in [6.07, 6.45) is 5.29. The van der Waals surface area contributed by atoms with Gasteiger partial charge in [-0.05, 0) is 36.7 Å². The van der Waals surface area contributed by atoms with Crippen molar-refractivity contribution in [1.29, 1.82) is 0 Å². The van der Waals surface area contributed by atoms with Crippen LogP contribution >= 0.6 is 11.8 Å². The van der Waals surface area contributed by atoms with E-state index in [4.69, 9.17) is 0 Å². The predicted octanol–water partition coefficient (Wildman–Crippen LogP) is 2.73. The van der Waals surface area contributed by atoms with Crippen molar-refractivity contribution in [3.63, 3.8) is 0 Å². The number of thioether (sulfide) groups is 1. The van der Waals surface area contributed by atoms with Crippen LogP contribution in [0.2, 0.25) is 0 Å². The number of anilines is 2. The van der Waals surface area contributed by atoms with E-state index in [2.05, 4.69) is 49.3 Å². The number of nitrogens with zero attached hydrogens (tertiary/aromatic N) is 3. The van der Waals surface area contributed by atoms with Crippen molar-refractivity contribution in [2.24, 2.45) is 5.92 Å². The summed E-state index contributed by atoms with van der Waals surface area (Å²) in [4.78, 5) is 16.4. The number of hydrogen-bond acceptors (Lipinski definition) is 6. The molecule has 0 radical (unpaired) electrons. The van der Waals surface area contributed by atoms with E-state index in [0.717, 1.165) is 36.8 Å². The molecule has 6 nitrogen and oxygen atoms in total. The van der Waals surface area contributed by atoms with Gasteiger partial charge in [-0.2, -0.15) is 21.7 Å². The summed E-state index contributed by atoms with van der Waals surface area (Å²) in [5.74, 6) is 4.80. The Labute approximate surface area is 128 Å². The van der Waals surface area contributed by atoms with Gasteiger partial charge in [-0.15, -0.1) is 0 Å². The van der Waals surface area contributed by atoms with Gasteiger partial charge in [0.05, 0.1) is 6.33 Å². The lowest BCUT2D eigenvalue weighted by molar-refractivity contribution is 0.515. The predicted molar refractivity (Wildman–Crippen MR) is 89.0 cm³/mol. The van der Waals surface area contributed by atoms with Gasteiger partial charge in [-0.3, -0.25) is 0 Å². The molecule has 0 saturated carbocycles. The van der Waals surface area contributed by atoms with Crippen LogP contribution in [0.1, 0.15) is 26.2 Å². The van der Waals surface area contributed by atoms with Crippen LogP contribution in [0, 0.1) is 5.92 Å². The summed E-state index contributed by atoms with van der Waals surface area (Å²) in [6, 6.07) is 0. The molecule has 0 amide bonds. The average molecular weight is 306 g/mol. The minimum absolute atomic E-state index is 0.651. The molecule has 2 aromatic rings. The lowest BCUT2D eigenvalue weighted by atomic mass is 10.0. The monoisotopic (exact) mass is 306 g/mol. The first-order chi connectivity index (χ1) is 10.4. The van der Waals surface area contributed by atoms with E-state index >= 15 is 0 Å². The zero-order valence-electron chi connectivity index (χ0n) is 12.4. The summed E-state index contributed by atoms with van der Waals surface area (Å²) in [7, 11) is 0. The van der Waals surface area contributed by atoms with Crippen LogP contribution in [0.4, 0.5) is 11.8 Å². The molecule has 1 fully saturated rings. The lowest BCUT2D eigenvalue weighted by Gasteiger charge is -2.21. The third kappa shape index (κ3) is 3.58. The smallest absolute Gasteiger partial charge is 0.226 e. The van der Waals surface area contributed by atoms with Crippen molar-refractivity contribution in [1.82, 2.24) is 19.9 Å². The molecule has 21 heavy (non-hydrogen) atoms. The fraction of sp³-hybridized carbons (Fsp3) is 0.643. The molecule has 0 aliphatic carbocycles. The van der Waals surface area contributed by atoms with E-state index in [1.54, 1.807) is 6.33 Å². The standard InChI is InChI=1S/C14H22N6S/c1-2-5-15-14-19-12(11-13(20-14)18-9-17-11)16-8-10-3-6-21-7-4-10/h9-10H,2-8H2,1H3,(H3,15,16,17,18,19,20). The van der Waals surface area contributed by atoms with Crippen LogP contribution < -0.4 is 10.6 Å². The quantitative estimate of drug-likeness (QED) is 0.761. The second-order valence-electron chi connectivity index (χ2n) is 5.36. The third-order valence-corrected chi connectivity index (χ3v) is 4.77. The summed E-state index contributed by atoms with van der Waals surface area (Å²) in [5, 5.41) is 6.72. The van der Waals surface area contributed by atoms with E-state index in [1.165, 1.54) is 24.3 Å². The number of hydrogen-bond donors (Lipinski definition) is 3. The highest BCUT2D eigenvalue weighted by molar-refractivity contribution is 7.99. The fourth-order valence-electron chi connectivity index (χ4n) is 2.47. The Hall–Kier alpha value is -1.50. The Morgan fingerprint density at radius 2 is 2.14 bits per heavy atom. The van der Waals surface area contributed by atoms with E-state index in [-0.39, 0.29) is 0 Å². The van der Waals surface area contributed by atoms with Crippen molar-refractivity contribution >= 4 is 34.7 Å². The third-order valence-electron chi connectivity index (χ3n) is 3.72. The van der Waals surface area contributed by atoms with Crippen LogP contribution in [0.25, 0.3) is 11.2 Å². The van der Waals surface area contributed by atoms with E-state index < -0.39 is 0 Å². The van der Waals surface area contributed by atoms with Gasteiger partial charge in [-0.25, -0.2) is 4.98 Å². The highest BCUT2D eigenvalue weighted by Gasteiger charge is 2.15. The van der Waals surface area contributed by atoms with Crippen molar-refractivity contribution in [2.75, 3.05) is 35.2 Å². The first-order valence-electron chi connectivity index (χ1n) is 7.63. The topological polar surface area (TPSA) is 78.5 Å². The molecule has 0 unspecified atom stereocenters. The molecule has 114 valence electrons. The Morgan fingerprint density at radius 3 is 2.95 bits per heavy atom. The molecule has 3 heterocycles. The summed E-state index contributed by atoms with van der Waals surface area (Å²) >= 11 is 2.06. The molecular weight excluding hydrogens is 284 g/mol. The average Bonchev–Trinajstić information content (AvgIpc) is 3.00. The van der Waals surface area contributed by atoms with Crippen LogP contribution in [0.15, 0.2) is 6.33 Å². The summed E-state index contributed by atoms with van der Waals surface area (Å²) in [5.41, 5.74) is 1.60. The molecule has 1 aliphatic heterocycles. The van der Waals surface area contributed by atoms with Gasteiger partial charge in [-0.1, -0.05) is 6.92 Å². The first-order valence-corrected chi connectivity index (χ1v) is 8.79. The van der Waals surface area contributed by atoms with Gasteiger partial charge in [0.15, 0.2) is 11.5 Å². The molecular formula is C14H22N6S. The molecule has 2 aromatic heterocycles. The molecule has 0 atom stereocenters. The number of H-pyrrole nitrogens is 1. The van der Waals surface area contributed by atoms with Crippen molar-refractivity contribution in [3.05, 3.63) is 6.33 Å². The number of fused-ring (bicyclic) bond motifs is 1. The number of aromatic amines is 1. The molecule has 0 bridgehead atoms. The summed E-state index contributed by atoms with van der Waals surface area (Å²) in [6.45, 7) is 3.97. The van der Waals surface area contributed by atoms with Crippen LogP contribution in [0.3, 0.4) is 0 Å². The van der Waals surface area contributed by atoms with Gasteiger partial charge < -0.3 is 15.6 Å². The van der Waals surface area contributed by atoms with Crippen molar-refractivity contribution in [2.45, 2.75) is 26.2 Å². The molecule has 3 N–H and O–H groups in total. The molecule has 0 spiro atoms. The normalized spacial score (nSPS) is 16.2. The second-order valence-corrected chi connectivity index (χ2v) is 6.59. The molecule has 1 saturated heterocycles. The number of nitrogens with one attached hydrogen (secondary N) is 3. The number of aromatic nitrogens is 4. The maximum atomic E-state index is 4.59. The van der Waals surface area contributed by atoms with Gasteiger partial charge in [0.2, 0.25) is 5.95 Å². The minimum atomic E-state index is 0.651. The lowest BCUT2D eigenvalue weighted by Crippen LogP contribution is -2.20. The fourth-order valence-corrected chi connectivity index (χ4v) is 3.67. The van der Waals surface area contributed by atoms with E-state index in [9.17, 15) is 0 Å². The van der Waals surface area contributed by atoms with Crippen molar-refractivity contribution in [3.8, 4) is 0 Å². The maximum Gasteiger partial charge on any atom is 0.226 e. The first kappa shape index (κ1) is 14.4. The van der Waals surface area contributed by atoms with Crippen molar-refractivity contribution < 1.29 is 0 Å². The van der Waals surface area contributed by atoms with Gasteiger partial charge in [0, 0.05) is 13.1 Å². The Kier molecular flexibility index (Phi) is 4.80. The Balaban J connectivity index is 1.73. The minimum Gasteiger partial charge on any atom is -0.368 e.